The summed E-state index contributed by atoms with van der Waals surface area (Å²) in [5.41, 5.74) is 0.658. The van der Waals surface area contributed by atoms with Gasteiger partial charge in [-0.25, -0.2) is 0 Å². The van der Waals surface area contributed by atoms with E-state index in [-0.39, 0.29) is 17.7 Å². The second-order valence-corrected chi connectivity index (χ2v) is 6.48. The van der Waals surface area contributed by atoms with E-state index in [1.165, 1.54) is 11.8 Å². The van der Waals surface area contributed by atoms with Gasteiger partial charge < -0.3 is 19.4 Å². The Hall–Kier alpha value is -2.60. The maximum atomic E-state index is 12.0. The van der Waals surface area contributed by atoms with Gasteiger partial charge in [0.25, 0.3) is 0 Å². The minimum Gasteiger partial charge on any atom is -0.494 e. The Kier molecular flexibility index (Phi) is 7.41. The van der Waals surface area contributed by atoms with Crippen LogP contribution in [0.2, 0.25) is 0 Å². The SMILES string of the molecule is CC(=O)c1ccc(OCCCC(=O)NC[C@H](c2ccco2)[NH+](C)C)cc1. The van der Waals surface area contributed by atoms with Crippen molar-refractivity contribution in [1.82, 2.24) is 5.32 Å². The van der Waals surface area contributed by atoms with Gasteiger partial charge in [0.05, 0.1) is 33.5 Å². The average molecular weight is 359 g/mol. The van der Waals surface area contributed by atoms with Gasteiger partial charge in [-0.3, -0.25) is 9.59 Å². The molecule has 0 radical (unpaired) electrons. The van der Waals surface area contributed by atoms with Gasteiger partial charge in [0.15, 0.2) is 17.6 Å². The first-order valence-corrected chi connectivity index (χ1v) is 8.81. The molecule has 2 rings (SSSR count). The lowest BCUT2D eigenvalue weighted by molar-refractivity contribution is -0.891. The minimum atomic E-state index is -0.00154. The molecule has 0 saturated carbocycles. The number of ketones is 1. The molecule has 1 aromatic carbocycles. The number of nitrogens with one attached hydrogen (secondary N) is 2. The van der Waals surface area contributed by atoms with E-state index in [1.54, 1.807) is 30.5 Å². The van der Waals surface area contributed by atoms with Crippen LogP contribution in [0.4, 0.5) is 0 Å². The van der Waals surface area contributed by atoms with Crippen molar-refractivity contribution in [3.8, 4) is 5.75 Å². The molecule has 1 amide bonds. The Morgan fingerprint density at radius 2 is 1.92 bits per heavy atom. The van der Waals surface area contributed by atoms with Crippen LogP contribution in [-0.4, -0.2) is 38.9 Å². The number of hydrogen-bond acceptors (Lipinski definition) is 4. The monoisotopic (exact) mass is 359 g/mol. The number of benzene rings is 1. The molecule has 1 heterocycles. The molecule has 0 unspecified atom stereocenters. The smallest absolute Gasteiger partial charge is 0.220 e. The lowest BCUT2D eigenvalue weighted by atomic mass is 10.1. The van der Waals surface area contributed by atoms with E-state index in [9.17, 15) is 9.59 Å². The van der Waals surface area contributed by atoms with E-state index in [0.29, 0.717) is 37.3 Å². The van der Waals surface area contributed by atoms with Crippen molar-refractivity contribution in [1.29, 1.82) is 0 Å². The Balaban J connectivity index is 1.67. The Morgan fingerprint density at radius 3 is 2.50 bits per heavy atom. The molecule has 0 saturated heterocycles. The number of furan rings is 1. The van der Waals surface area contributed by atoms with Crippen LogP contribution in [0.25, 0.3) is 0 Å². The van der Waals surface area contributed by atoms with E-state index in [2.05, 4.69) is 5.32 Å². The highest BCUT2D eigenvalue weighted by Crippen LogP contribution is 2.13. The number of likely N-dealkylation sites (N-methyl/N-ethyl adjacent to an activating group) is 1. The number of amides is 1. The van der Waals surface area contributed by atoms with Crippen LogP contribution in [0, 0.1) is 0 Å². The van der Waals surface area contributed by atoms with Crippen molar-refractivity contribution < 1.29 is 23.6 Å². The molecule has 0 spiro atoms. The predicted octanol–water partition coefficient (Wildman–Crippen LogP) is 1.64. The standard InChI is InChI=1S/C20H26N2O4/c1-15(23)16-8-10-17(11-9-16)25-12-5-7-20(24)21-14-18(22(2)3)19-6-4-13-26-19/h4,6,8-11,13,18H,5,7,12,14H2,1-3H3,(H,21,24)/p+1/t18-/m1/s1. The summed E-state index contributed by atoms with van der Waals surface area (Å²) in [5, 5.41) is 2.96. The van der Waals surface area contributed by atoms with Crippen LogP contribution in [0.1, 0.15) is 41.9 Å². The Bertz CT molecular complexity index is 693. The molecule has 0 aliphatic carbocycles. The summed E-state index contributed by atoms with van der Waals surface area (Å²) in [4.78, 5) is 24.4. The van der Waals surface area contributed by atoms with Crippen LogP contribution in [0.3, 0.4) is 0 Å². The third-order valence-corrected chi connectivity index (χ3v) is 4.16. The first kappa shape index (κ1) is 19.7. The summed E-state index contributed by atoms with van der Waals surface area (Å²) in [6.07, 6.45) is 2.67. The predicted molar refractivity (Wildman–Crippen MR) is 98.4 cm³/mol. The number of carbonyl (C=O) groups is 2. The number of quaternary nitrogens is 1. The lowest BCUT2D eigenvalue weighted by Gasteiger charge is -2.19. The molecule has 2 N–H and O–H groups in total. The molecule has 6 heteroatoms. The third-order valence-electron chi connectivity index (χ3n) is 4.16. The zero-order valence-corrected chi connectivity index (χ0v) is 15.6. The van der Waals surface area contributed by atoms with Gasteiger partial charge in [0, 0.05) is 12.0 Å². The van der Waals surface area contributed by atoms with Crippen molar-refractivity contribution in [3.05, 3.63) is 54.0 Å². The van der Waals surface area contributed by atoms with Crippen LogP contribution < -0.4 is 15.0 Å². The van der Waals surface area contributed by atoms with Gasteiger partial charge in [-0.05, 0) is 49.7 Å². The molecule has 2 aromatic rings. The molecule has 140 valence electrons. The summed E-state index contributed by atoms with van der Waals surface area (Å²) >= 11 is 0. The van der Waals surface area contributed by atoms with Gasteiger partial charge in [0.2, 0.25) is 5.91 Å². The average Bonchev–Trinajstić information content (AvgIpc) is 3.13. The summed E-state index contributed by atoms with van der Waals surface area (Å²) in [5.74, 6) is 1.59. The van der Waals surface area contributed by atoms with Crippen molar-refractivity contribution in [3.63, 3.8) is 0 Å². The molecule has 26 heavy (non-hydrogen) atoms. The molecule has 6 nitrogen and oxygen atoms in total. The molecule has 1 aromatic heterocycles. The van der Waals surface area contributed by atoms with Crippen LogP contribution in [0.5, 0.6) is 5.75 Å². The second kappa shape index (κ2) is 9.77. The first-order valence-electron chi connectivity index (χ1n) is 8.81. The lowest BCUT2D eigenvalue weighted by Crippen LogP contribution is -3.07. The number of hydrogen-bond donors (Lipinski definition) is 2. The summed E-state index contributed by atoms with van der Waals surface area (Å²) in [6.45, 7) is 2.51. The van der Waals surface area contributed by atoms with Gasteiger partial charge in [-0.2, -0.15) is 0 Å². The van der Waals surface area contributed by atoms with Gasteiger partial charge in [0.1, 0.15) is 5.75 Å². The molecule has 1 atom stereocenters. The molecule has 0 bridgehead atoms. The molecular formula is C20H27N2O4+. The molecule has 0 aliphatic heterocycles. The van der Waals surface area contributed by atoms with E-state index < -0.39 is 0 Å². The summed E-state index contributed by atoms with van der Waals surface area (Å²) < 4.78 is 11.1. The van der Waals surface area contributed by atoms with Crippen LogP contribution >= 0.6 is 0 Å². The molecule has 0 fully saturated rings. The highest BCUT2D eigenvalue weighted by Gasteiger charge is 2.21. The van der Waals surface area contributed by atoms with Crippen molar-refractivity contribution in [2.45, 2.75) is 25.8 Å². The highest BCUT2D eigenvalue weighted by atomic mass is 16.5. The fraction of sp³-hybridized carbons (Fsp3) is 0.400. The number of rotatable bonds is 10. The van der Waals surface area contributed by atoms with E-state index in [4.69, 9.17) is 9.15 Å². The fourth-order valence-corrected chi connectivity index (χ4v) is 2.59. The highest BCUT2D eigenvalue weighted by molar-refractivity contribution is 5.94. The fourth-order valence-electron chi connectivity index (χ4n) is 2.59. The summed E-state index contributed by atoms with van der Waals surface area (Å²) in [7, 11) is 4.06. The zero-order valence-electron chi connectivity index (χ0n) is 15.6. The zero-order chi connectivity index (χ0) is 18.9. The van der Waals surface area contributed by atoms with E-state index >= 15 is 0 Å². The van der Waals surface area contributed by atoms with E-state index in [1.807, 2.05) is 26.2 Å². The van der Waals surface area contributed by atoms with Crippen molar-refractivity contribution in [2.24, 2.45) is 0 Å². The number of ether oxygens (including phenoxy) is 1. The third kappa shape index (κ3) is 6.04. The van der Waals surface area contributed by atoms with Gasteiger partial charge in [-0.1, -0.05) is 0 Å². The maximum Gasteiger partial charge on any atom is 0.220 e. The maximum absolute atomic E-state index is 12.0. The Labute approximate surface area is 154 Å². The van der Waals surface area contributed by atoms with Gasteiger partial charge in [-0.15, -0.1) is 0 Å². The van der Waals surface area contributed by atoms with Gasteiger partial charge >= 0.3 is 0 Å². The van der Waals surface area contributed by atoms with Crippen LogP contribution in [-0.2, 0) is 4.79 Å². The number of carbonyl (C=O) groups excluding carboxylic acids is 2. The number of Topliss-reactive ketones (excluding diaryl/α,β-unsaturated/α-hetero) is 1. The first-order chi connectivity index (χ1) is 12.5. The van der Waals surface area contributed by atoms with Crippen molar-refractivity contribution >= 4 is 11.7 Å². The topological polar surface area (TPSA) is 73.0 Å². The van der Waals surface area contributed by atoms with Crippen LogP contribution in [0.15, 0.2) is 47.1 Å². The van der Waals surface area contributed by atoms with E-state index in [0.717, 1.165) is 5.76 Å². The quantitative estimate of drug-likeness (QED) is 0.500. The summed E-state index contributed by atoms with van der Waals surface area (Å²) in [6, 6.07) is 10.9. The minimum absolute atomic E-state index is 0.00154. The largest absolute Gasteiger partial charge is 0.494 e. The molecule has 0 aliphatic rings. The molecular weight excluding hydrogens is 332 g/mol. The Morgan fingerprint density at radius 1 is 1.19 bits per heavy atom. The normalized spacial score (nSPS) is 12.0. The van der Waals surface area contributed by atoms with Crippen molar-refractivity contribution in [2.75, 3.05) is 27.2 Å². The second-order valence-electron chi connectivity index (χ2n) is 6.48.